The Kier molecular flexibility index (Phi) is 7.73. The molecule has 6 rings (SSSR count). The van der Waals surface area contributed by atoms with Gasteiger partial charge in [-0.15, -0.1) is 0 Å². The number of rotatable bonds is 6. The van der Waals surface area contributed by atoms with E-state index in [0.29, 0.717) is 42.2 Å². The minimum absolute atomic E-state index is 0.0278. The van der Waals surface area contributed by atoms with Gasteiger partial charge in [0.15, 0.2) is 0 Å². The second-order valence-corrected chi connectivity index (χ2v) is 11.5. The molecule has 3 saturated heterocycles. The molecule has 2 atom stereocenters. The molecule has 4 heterocycles. The summed E-state index contributed by atoms with van der Waals surface area (Å²) in [5.41, 5.74) is 0.838. The highest BCUT2D eigenvalue weighted by Gasteiger charge is 2.48. The zero-order valence-corrected chi connectivity index (χ0v) is 24.7. The summed E-state index contributed by atoms with van der Waals surface area (Å²) in [6, 6.07) is 11.5. The summed E-state index contributed by atoms with van der Waals surface area (Å²) in [6.07, 6.45) is 0.178. The normalized spacial score (nSPS) is 23.3. The van der Waals surface area contributed by atoms with E-state index in [-0.39, 0.29) is 43.1 Å². The zero-order chi connectivity index (χ0) is 31.0. The highest BCUT2D eigenvalue weighted by atomic mass is 16.5. The van der Waals surface area contributed by atoms with Crippen LogP contribution in [0.5, 0.6) is 5.75 Å². The predicted molar refractivity (Wildman–Crippen MR) is 160 cm³/mol. The molecule has 0 aromatic heterocycles. The highest BCUT2D eigenvalue weighted by molar-refractivity contribution is 6.10. The number of carbonyl (C=O) groups is 5. The van der Waals surface area contributed by atoms with E-state index in [2.05, 4.69) is 34.3 Å². The molecule has 0 saturated carbocycles. The molecular formula is C32H34N6O6. The Morgan fingerprint density at radius 1 is 1.05 bits per heavy atom. The SMILES string of the molecule is CCN1CCN(C(=O)C2CC(=O)N(c3ccc(C#C[C@]4(CN5Cc6ccc(OC)cc6C5=O)NC(=O)NC4=O)cc3)C2)CC1. The van der Waals surface area contributed by atoms with Crippen LogP contribution in [0.25, 0.3) is 0 Å². The molecule has 4 aliphatic rings. The van der Waals surface area contributed by atoms with E-state index in [1.54, 1.807) is 47.4 Å². The standard InChI is InChI=1S/C32H34N6O6/c1-3-35-12-14-36(15-13-35)28(40)23-16-27(39)38(19-23)24-7-4-21(5-8-24)10-11-32(30(42)33-31(43)34-32)20-37-18-22-6-9-25(44-2)17-26(22)29(37)41/h4-9,17,23H,3,12-16,18-20H2,1-2H3,(H2,33,34,42,43)/t23?,32-/m1/s1. The molecule has 228 valence electrons. The number of hydrogen-bond acceptors (Lipinski definition) is 7. The fourth-order valence-electron chi connectivity index (χ4n) is 6.18. The number of carbonyl (C=O) groups excluding carboxylic acids is 5. The van der Waals surface area contributed by atoms with Crippen LogP contribution < -0.4 is 20.3 Å². The molecule has 12 heteroatoms. The lowest BCUT2D eigenvalue weighted by Crippen LogP contribution is -2.54. The van der Waals surface area contributed by atoms with Crippen LogP contribution in [0.3, 0.4) is 0 Å². The van der Waals surface area contributed by atoms with Gasteiger partial charge in [0.25, 0.3) is 11.8 Å². The fraction of sp³-hybridized carbons (Fsp3) is 0.406. The first-order chi connectivity index (χ1) is 21.2. The summed E-state index contributed by atoms with van der Waals surface area (Å²) >= 11 is 0. The van der Waals surface area contributed by atoms with Crippen LogP contribution in [0.4, 0.5) is 10.5 Å². The molecule has 3 fully saturated rings. The van der Waals surface area contributed by atoms with Gasteiger partial charge in [0.1, 0.15) is 5.75 Å². The first-order valence-electron chi connectivity index (χ1n) is 14.7. The van der Waals surface area contributed by atoms with E-state index in [9.17, 15) is 24.0 Å². The van der Waals surface area contributed by atoms with Gasteiger partial charge in [-0.1, -0.05) is 24.8 Å². The summed E-state index contributed by atoms with van der Waals surface area (Å²) in [5.74, 6) is 5.04. The quantitative estimate of drug-likeness (QED) is 0.372. The van der Waals surface area contributed by atoms with Gasteiger partial charge in [-0.05, 0) is 48.5 Å². The van der Waals surface area contributed by atoms with Crippen molar-refractivity contribution in [3.05, 3.63) is 59.2 Å². The minimum Gasteiger partial charge on any atom is -0.497 e. The first-order valence-corrected chi connectivity index (χ1v) is 14.7. The van der Waals surface area contributed by atoms with Crippen LogP contribution in [-0.2, 0) is 20.9 Å². The number of benzene rings is 2. The third-order valence-electron chi connectivity index (χ3n) is 8.77. The number of ether oxygens (including phenoxy) is 1. The molecule has 12 nitrogen and oxygen atoms in total. The van der Waals surface area contributed by atoms with Crippen molar-refractivity contribution < 1.29 is 28.7 Å². The van der Waals surface area contributed by atoms with Crippen LogP contribution in [0.15, 0.2) is 42.5 Å². The molecule has 4 aliphatic heterocycles. The molecule has 0 spiro atoms. The van der Waals surface area contributed by atoms with Crippen molar-refractivity contribution >= 4 is 35.3 Å². The summed E-state index contributed by atoms with van der Waals surface area (Å²) in [4.78, 5) is 71.5. The molecular weight excluding hydrogens is 564 g/mol. The van der Waals surface area contributed by atoms with Gasteiger partial charge < -0.3 is 29.7 Å². The Hall–Kier alpha value is -4.89. The monoisotopic (exact) mass is 598 g/mol. The second-order valence-electron chi connectivity index (χ2n) is 11.5. The summed E-state index contributed by atoms with van der Waals surface area (Å²) < 4.78 is 5.24. The summed E-state index contributed by atoms with van der Waals surface area (Å²) in [6.45, 7) is 6.57. The van der Waals surface area contributed by atoms with Gasteiger partial charge in [0.05, 0.1) is 19.6 Å². The van der Waals surface area contributed by atoms with Crippen LogP contribution in [0, 0.1) is 17.8 Å². The zero-order valence-electron chi connectivity index (χ0n) is 24.7. The number of hydrogen-bond donors (Lipinski definition) is 2. The van der Waals surface area contributed by atoms with E-state index >= 15 is 0 Å². The molecule has 2 aromatic carbocycles. The van der Waals surface area contributed by atoms with Crippen molar-refractivity contribution in [3.8, 4) is 17.6 Å². The molecule has 44 heavy (non-hydrogen) atoms. The van der Waals surface area contributed by atoms with Gasteiger partial charge in [0, 0.05) is 62.5 Å². The minimum atomic E-state index is -1.64. The lowest BCUT2D eigenvalue weighted by molar-refractivity contribution is -0.137. The lowest BCUT2D eigenvalue weighted by Gasteiger charge is -2.35. The van der Waals surface area contributed by atoms with Crippen LogP contribution in [0.2, 0.25) is 0 Å². The number of piperazine rings is 1. The number of likely N-dealkylation sites (N-methyl/N-ethyl adjacent to an activating group) is 1. The molecule has 0 aliphatic carbocycles. The molecule has 2 N–H and O–H groups in total. The van der Waals surface area contributed by atoms with Crippen LogP contribution >= 0.6 is 0 Å². The maximum absolute atomic E-state index is 13.1. The topological polar surface area (TPSA) is 132 Å². The average Bonchev–Trinajstić information content (AvgIpc) is 3.67. The Morgan fingerprint density at radius 2 is 1.80 bits per heavy atom. The summed E-state index contributed by atoms with van der Waals surface area (Å²) in [7, 11) is 1.52. The largest absolute Gasteiger partial charge is 0.497 e. The lowest BCUT2D eigenvalue weighted by atomic mass is 9.99. The smallest absolute Gasteiger partial charge is 0.323 e. The Bertz CT molecular complexity index is 1590. The second kappa shape index (κ2) is 11.7. The number of nitrogens with one attached hydrogen (secondary N) is 2. The fourth-order valence-corrected chi connectivity index (χ4v) is 6.18. The van der Waals surface area contributed by atoms with E-state index in [4.69, 9.17) is 4.74 Å². The third-order valence-corrected chi connectivity index (χ3v) is 8.77. The molecule has 2 aromatic rings. The molecule has 0 bridgehead atoms. The highest BCUT2D eigenvalue weighted by Crippen LogP contribution is 2.29. The van der Waals surface area contributed by atoms with Crippen molar-refractivity contribution in [3.63, 3.8) is 0 Å². The Morgan fingerprint density at radius 3 is 2.45 bits per heavy atom. The number of urea groups is 1. The van der Waals surface area contributed by atoms with Crippen molar-refractivity contribution in [1.29, 1.82) is 0 Å². The van der Waals surface area contributed by atoms with Gasteiger partial charge >= 0.3 is 6.03 Å². The number of methoxy groups -OCH3 is 1. The Labute approximate surface area is 255 Å². The number of fused-ring (bicyclic) bond motifs is 1. The Balaban J connectivity index is 1.14. The van der Waals surface area contributed by atoms with Crippen molar-refractivity contribution in [2.45, 2.75) is 25.4 Å². The molecule has 1 unspecified atom stereocenters. The van der Waals surface area contributed by atoms with E-state index in [1.807, 2.05) is 4.90 Å². The third kappa shape index (κ3) is 5.46. The number of imide groups is 1. The van der Waals surface area contributed by atoms with Gasteiger partial charge in [-0.3, -0.25) is 24.5 Å². The van der Waals surface area contributed by atoms with Gasteiger partial charge in [-0.25, -0.2) is 4.79 Å². The molecule has 0 radical (unpaired) electrons. The average molecular weight is 599 g/mol. The van der Waals surface area contributed by atoms with Gasteiger partial charge in [-0.2, -0.15) is 0 Å². The van der Waals surface area contributed by atoms with E-state index < -0.39 is 17.5 Å². The summed E-state index contributed by atoms with van der Waals surface area (Å²) in [5, 5.41) is 4.85. The van der Waals surface area contributed by atoms with Crippen LogP contribution in [-0.4, -0.2) is 103 Å². The predicted octanol–water partition coefficient (Wildman–Crippen LogP) is 0.798. The first kappa shape index (κ1) is 29.2. The van der Waals surface area contributed by atoms with Crippen molar-refractivity contribution in [2.24, 2.45) is 5.92 Å². The van der Waals surface area contributed by atoms with Crippen LogP contribution in [0.1, 0.15) is 34.8 Å². The number of amides is 6. The maximum Gasteiger partial charge on any atom is 0.323 e. The number of nitrogens with zero attached hydrogens (tertiary/aromatic N) is 4. The van der Waals surface area contributed by atoms with Gasteiger partial charge in [0.2, 0.25) is 17.4 Å². The number of anilines is 1. The molecule has 6 amide bonds. The van der Waals surface area contributed by atoms with Crippen molar-refractivity contribution in [2.75, 3.05) is 57.8 Å². The van der Waals surface area contributed by atoms with E-state index in [1.165, 1.54) is 12.0 Å². The van der Waals surface area contributed by atoms with Crippen molar-refractivity contribution in [1.82, 2.24) is 25.3 Å². The van der Waals surface area contributed by atoms with E-state index in [0.717, 1.165) is 25.2 Å². The maximum atomic E-state index is 13.1.